The summed E-state index contributed by atoms with van der Waals surface area (Å²) in [5.41, 5.74) is 5.41. The number of furan rings is 1. The van der Waals surface area contributed by atoms with Crippen molar-refractivity contribution < 1.29 is 12.8 Å². The molecule has 0 amide bonds. The second kappa shape index (κ2) is 5.51. The number of nitrogens with one attached hydrogen (secondary N) is 1. The van der Waals surface area contributed by atoms with Crippen LogP contribution in [0.2, 0.25) is 0 Å². The molecule has 0 aliphatic rings. The van der Waals surface area contributed by atoms with Crippen molar-refractivity contribution in [2.45, 2.75) is 24.9 Å². The summed E-state index contributed by atoms with van der Waals surface area (Å²) in [6, 6.07) is 1.44. The first-order chi connectivity index (χ1) is 9.03. The highest BCUT2D eigenvalue weighted by atomic mass is 32.2. The quantitative estimate of drug-likeness (QED) is 0.747. The number of nitrogens with zero attached hydrogens (tertiary/aromatic N) is 3. The predicted octanol–water partition coefficient (Wildman–Crippen LogP) is -0.383. The lowest BCUT2D eigenvalue weighted by atomic mass is 10.4. The summed E-state index contributed by atoms with van der Waals surface area (Å²) in [6.45, 7) is 2.37. The minimum Gasteiger partial charge on any atom is -0.464 e. The first-order valence-electron chi connectivity index (χ1n) is 5.66. The number of hydrogen-bond donors (Lipinski definition) is 2. The Morgan fingerprint density at radius 3 is 2.89 bits per heavy atom. The Labute approximate surface area is 110 Å². The lowest BCUT2D eigenvalue weighted by Crippen LogP contribution is -2.27. The molecule has 2 heterocycles. The molecule has 2 aromatic heterocycles. The van der Waals surface area contributed by atoms with Crippen molar-refractivity contribution in [2.75, 3.05) is 6.54 Å². The molecular formula is C10H15N5O3S. The maximum Gasteiger partial charge on any atom is 0.244 e. The van der Waals surface area contributed by atoms with Crippen LogP contribution in [0.1, 0.15) is 11.5 Å². The zero-order chi connectivity index (χ0) is 13.9. The summed E-state index contributed by atoms with van der Waals surface area (Å²) in [7, 11) is -3.59. The first kappa shape index (κ1) is 13.7. The highest BCUT2D eigenvalue weighted by Gasteiger charge is 2.20. The number of hydrogen-bond acceptors (Lipinski definition) is 6. The van der Waals surface area contributed by atoms with Gasteiger partial charge in [-0.3, -0.25) is 4.68 Å². The SMILES string of the molecule is Cc1oc(CN)cc1S(=O)(=O)NCCn1ccnn1. The van der Waals surface area contributed by atoms with Gasteiger partial charge in [0.05, 0.1) is 19.3 Å². The van der Waals surface area contributed by atoms with E-state index >= 15 is 0 Å². The third kappa shape index (κ3) is 3.19. The summed E-state index contributed by atoms with van der Waals surface area (Å²) in [4.78, 5) is 0.117. The zero-order valence-corrected chi connectivity index (χ0v) is 11.2. The summed E-state index contributed by atoms with van der Waals surface area (Å²) >= 11 is 0. The molecule has 0 aliphatic carbocycles. The van der Waals surface area contributed by atoms with E-state index < -0.39 is 10.0 Å². The van der Waals surface area contributed by atoms with E-state index in [2.05, 4.69) is 15.0 Å². The van der Waals surface area contributed by atoms with Crippen LogP contribution in [-0.4, -0.2) is 30.0 Å². The normalized spacial score (nSPS) is 11.9. The van der Waals surface area contributed by atoms with Crippen LogP contribution in [0.3, 0.4) is 0 Å². The van der Waals surface area contributed by atoms with Gasteiger partial charge in [0.2, 0.25) is 10.0 Å². The standard InChI is InChI=1S/C10H15N5O3S/c1-8-10(6-9(7-11)18-8)19(16,17)13-3-5-15-4-2-12-14-15/h2,4,6,13H,3,5,7,11H2,1H3. The molecule has 104 valence electrons. The maximum atomic E-state index is 12.1. The maximum absolute atomic E-state index is 12.1. The van der Waals surface area contributed by atoms with Crippen molar-refractivity contribution in [3.63, 3.8) is 0 Å². The molecule has 0 aromatic carbocycles. The molecule has 0 fully saturated rings. The van der Waals surface area contributed by atoms with Crippen molar-refractivity contribution in [3.05, 3.63) is 30.0 Å². The number of sulfonamides is 1. The number of aryl methyl sites for hydroxylation is 1. The largest absolute Gasteiger partial charge is 0.464 e. The van der Waals surface area contributed by atoms with Gasteiger partial charge in [-0.05, 0) is 6.92 Å². The van der Waals surface area contributed by atoms with Crippen LogP contribution in [0.4, 0.5) is 0 Å². The topological polar surface area (TPSA) is 116 Å². The van der Waals surface area contributed by atoms with Gasteiger partial charge in [-0.1, -0.05) is 5.21 Å². The summed E-state index contributed by atoms with van der Waals surface area (Å²) in [6.07, 6.45) is 3.19. The van der Waals surface area contributed by atoms with Gasteiger partial charge in [0, 0.05) is 18.8 Å². The second-order valence-electron chi connectivity index (χ2n) is 3.90. The Kier molecular flexibility index (Phi) is 3.98. The molecule has 2 aromatic rings. The van der Waals surface area contributed by atoms with Crippen LogP contribution in [0.5, 0.6) is 0 Å². The lowest BCUT2D eigenvalue weighted by Gasteiger charge is -2.05. The van der Waals surface area contributed by atoms with Crippen LogP contribution in [-0.2, 0) is 23.1 Å². The summed E-state index contributed by atoms with van der Waals surface area (Å²) in [5, 5.41) is 7.37. The molecule has 0 saturated heterocycles. The van der Waals surface area contributed by atoms with Crippen molar-refractivity contribution >= 4 is 10.0 Å². The average Bonchev–Trinajstić information content (AvgIpc) is 2.98. The van der Waals surface area contributed by atoms with E-state index in [0.717, 1.165) is 0 Å². The van der Waals surface area contributed by atoms with Gasteiger partial charge >= 0.3 is 0 Å². The lowest BCUT2D eigenvalue weighted by molar-refractivity contribution is 0.478. The Hall–Kier alpha value is -1.71. The van der Waals surface area contributed by atoms with E-state index in [9.17, 15) is 8.42 Å². The molecular weight excluding hydrogens is 270 g/mol. The monoisotopic (exact) mass is 285 g/mol. The van der Waals surface area contributed by atoms with Crippen LogP contribution >= 0.6 is 0 Å². The van der Waals surface area contributed by atoms with Gasteiger partial charge in [-0.2, -0.15) is 0 Å². The van der Waals surface area contributed by atoms with Crippen LogP contribution in [0, 0.1) is 6.92 Å². The van der Waals surface area contributed by atoms with Crippen molar-refractivity contribution in [2.24, 2.45) is 5.73 Å². The zero-order valence-electron chi connectivity index (χ0n) is 10.4. The summed E-state index contributed by atoms with van der Waals surface area (Å²) in [5.74, 6) is 0.767. The van der Waals surface area contributed by atoms with Crippen molar-refractivity contribution in [1.29, 1.82) is 0 Å². The van der Waals surface area contributed by atoms with Gasteiger partial charge in [0.25, 0.3) is 0 Å². The van der Waals surface area contributed by atoms with Crippen LogP contribution in [0.25, 0.3) is 0 Å². The second-order valence-corrected chi connectivity index (χ2v) is 5.64. The smallest absolute Gasteiger partial charge is 0.244 e. The van der Waals surface area contributed by atoms with Gasteiger partial charge in [0.1, 0.15) is 16.4 Å². The Balaban J connectivity index is 2.03. The molecule has 0 radical (unpaired) electrons. The molecule has 3 N–H and O–H groups in total. The fourth-order valence-corrected chi connectivity index (χ4v) is 2.84. The van der Waals surface area contributed by atoms with Gasteiger partial charge in [-0.15, -0.1) is 5.10 Å². The molecule has 0 atom stereocenters. The molecule has 0 spiro atoms. The van der Waals surface area contributed by atoms with E-state index in [1.165, 1.54) is 16.9 Å². The molecule has 0 saturated carbocycles. The Bertz CT molecular complexity index is 632. The molecule has 9 heteroatoms. The Morgan fingerprint density at radius 1 is 1.53 bits per heavy atom. The van der Waals surface area contributed by atoms with Gasteiger partial charge < -0.3 is 10.2 Å². The molecule has 0 bridgehead atoms. The summed E-state index contributed by atoms with van der Waals surface area (Å²) < 4.78 is 33.4. The van der Waals surface area contributed by atoms with Crippen molar-refractivity contribution in [1.82, 2.24) is 19.7 Å². The van der Waals surface area contributed by atoms with E-state index in [1.807, 2.05) is 0 Å². The first-order valence-corrected chi connectivity index (χ1v) is 7.14. The molecule has 0 unspecified atom stereocenters. The fourth-order valence-electron chi connectivity index (χ4n) is 1.62. The Morgan fingerprint density at radius 2 is 2.32 bits per heavy atom. The number of aromatic nitrogens is 3. The highest BCUT2D eigenvalue weighted by Crippen LogP contribution is 2.19. The average molecular weight is 285 g/mol. The molecule has 0 aliphatic heterocycles. The minimum absolute atomic E-state index is 0.117. The van der Waals surface area contributed by atoms with Gasteiger partial charge in [0.15, 0.2) is 0 Å². The third-order valence-electron chi connectivity index (χ3n) is 2.52. The van der Waals surface area contributed by atoms with Gasteiger partial charge in [-0.25, -0.2) is 13.1 Å². The minimum atomic E-state index is -3.59. The van der Waals surface area contributed by atoms with E-state index in [4.69, 9.17) is 10.2 Å². The number of rotatable bonds is 6. The number of nitrogens with two attached hydrogens (primary N) is 1. The van der Waals surface area contributed by atoms with E-state index in [0.29, 0.717) is 18.1 Å². The van der Waals surface area contributed by atoms with Crippen LogP contribution in [0.15, 0.2) is 27.8 Å². The fraction of sp³-hybridized carbons (Fsp3) is 0.400. The molecule has 19 heavy (non-hydrogen) atoms. The van der Waals surface area contributed by atoms with Crippen molar-refractivity contribution in [3.8, 4) is 0 Å². The highest BCUT2D eigenvalue weighted by molar-refractivity contribution is 7.89. The van der Waals surface area contributed by atoms with E-state index in [-0.39, 0.29) is 18.0 Å². The predicted molar refractivity (Wildman–Crippen MR) is 66.5 cm³/mol. The third-order valence-corrected chi connectivity index (χ3v) is 4.09. The van der Waals surface area contributed by atoms with E-state index in [1.54, 1.807) is 13.1 Å². The molecule has 2 rings (SSSR count). The van der Waals surface area contributed by atoms with Crippen LogP contribution < -0.4 is 10.5 Å². The molecule has 8 nitrogen and oxygen atoms in total.